The lowest BCUT2D eigenvalue weighted by molar-refractivity contribution is -0.152. The highest BCUT2D eigenvalue weighted by atomic mass is 16.6. The van der Waals surface area contributed by atoms with E-state index in [9.17, 15) is 20.1 Å². The van der Waals surface area contributed by atoms with Gasteiger partial charge in [-0.3, -0.25) is 9.36 Å². The number of nitrogens with zero attached hydrogens (tertiary/aromatic N) is 5. The molecule has 0 bridgehead atoms. The highest BCUT2D eigenvalue weighted by Gasteiger charge is 2.48. The lowest BCUT2D eigenvalue weighted by atomic mass is 10.1. The Kier molecular flexibility index (Phi) is 6.09. The molecular weight excluding hydrogens is 404 g/mol. The second-order valence-electron chi connectivity index (χ2n) is 7.21. The maximum atomic E-state index is 11.1. The number of nitrogens with one attached hydrogen (secondary N) is 1. The Morgan fingerprint density at radius 3 is 2.71 bits per heavy atom. The first kappa shape index (κ1) is 21.1. The number of benzene rings is 1. The van der Waals surface area contributed by atoms with Gasteiger partial charge in [0.15, 0.2) is 29.4 Å². The summed E-state index contributed by atoms with van der Waals surface area (Å²) in [4.78, 5) is 25.0. The molecule has 1 aromatic carbocycles. The summed E-state index contributed by atoms with van der Waals surface area (Å²) in [7, 11) is 0. The van der Waals surface area contributed by atoms with Gasteiger partial charge < -0.3 is 30.3 Å². The number of fused-ring (bicyclic) bond motifs is 1. The van der Waals surface area contributed by atoms with E-state index in [1.165, 1.54) is 17.2 Å². The molecule has 164 valence electrons. The van der Waals surface area contributed by atoms with Gasteiger partial charge in [0.25, 0.3) is 0 Å². The highest BCUT2D eigenvalue weighted by molar-refractivity contribution is 5.82. The van der Waals surface area contributed by atoms with Gasteiger partial charge in [0, 0.05) is 13.1 Å². The molecule has 31 heavy (non-hydrogen) atoms. The normalized spacial score (nSPS) is 24.3. The first-order chi connectivity index (χ1) is 15.0. The van der Waals surface area contributed by atoms with E-state index in [1.54, 1.807) is 6.92 Å². The van der Waals surface area contributed by atoms with Crippen LogP contribution in [0, 0.1) is 0 Å². The molecule has 1 aliphatic rings. The average molecular weight is 428 g/mol. The van der Waals surface area contributed by atoms with Gasteiger partial charge in [0.05, 0.1) is 6.33 Å². The van der Waals surface area contributed by atoms with Crippen molar-refractivity contribution in [1.82, 2.24) is 24.4 Å². The molecule has 1 saturated heterocycles. The smallest absolute Gasteiger partial charge is 0.211 e. The van der Waals surface area contributed by atoms with E-state index < -0.39 is 30.8 Å². The fourth-order valence-corrected chi connectivity index (χ4v) is 3.62. The molecule has 3 heterocycles. The van der Waals surface area contributed by atoms with Crippen molar-refractivity contribution in [3.8, 4) is 0 Å². The number of likely N-dealkylation sites (N-methyl/N-ethyl adjacent to an activating group) is 1. The molecule has 1 fully saturated rings. The van der Waals surface area contributed by atoms with E-state index in [4.69, 9.17) is 4.74 Å². The molecule has 1 unspecified atom stereocenters. The molecule has 0 saturated carbocycles. The van der Waals surface area contributed by atoms with Crippen molar-refractivity contribution in [1.29, 1.82) is 0 Å². The van der Waals surface area contributed by atoms with Crippen molar-refractivity contribution in [2.45, 2.75) is 44.2 Å². The molecule has 4 N–H and O–H groups in total. The van der Waals surface area contributed by atoms with Crippen molar-refractivity contribution in [2.75, 3.05) is 11.9 Å². The highest BCUT2D eigenvalue weighted by Crippen LogP contribution is 2.34. The Labute approximate surface area is 177 Å². The Bertz CT molecular complexity index is 1030. The van der Waals surface area contributed by atoms with E-state index >= 15 is 0 Å². The Balaban J connectivity index is 1.58. The third-order valence-corrected chi connectivity index (χ3v) is 5.35. The van der Waals surface area contributed by atoms with Gasteiger partial charge in [-0.2, -0.15) is 0 Å². The van der Waals surface area contributed by atoms with E-state index in [0.717, 1.165) is 10.5 Å². The van der Waals surface area contributed by atoms with Crippen LogP contribution in [-0.4, -0.2) is 77.2 Å². The van der Waals surface area contributed by atoms with Gasteiger partial charge >= 0.3 is 0 Å². The number of hydrogen-bond acceptors (Lipinski definition) is 9. The summed E-state index contributed by atoms with van der Waals surface area (Å²) in [5, 5.41) is 34.6. The van der Waals surface area contributed by atoms with Crippen molar-refractivity contribution < 1.29 is 24.9 Å². The predicted octanol–water partition coefficient (Wildman–Crippen LogP) is -0.146. The first-order valence-electron chi connectivity index (χ1n) is 9.91. The van der Waals surface area contributed by atoms with Crippen LogP contribution in [0.1, 0.15) is 18.7 Å². The van der Waals surface area contributed by atoms with Crippen molar-refractivity contribution in [3.63, 3.8) is 0 Å². The quantitative estimate of drug-likeness (QED) is 0.284. The zero-order valence-corrected chi connectivity index (χ0v) is 16.8. The number of aliphatic hydroxyl groups is 3. The second-order valence-corrected chi connectivity index (χ2v) is 7.21. The topological polar surface area (TPSA) is 146 Å². The molecular formula is C20H24N6O5. The summed E-state index contributed by atoms with van der Waals surface area (Å²) < 4.78 is 7.22. The number of ether oxygens (including phenoxy) is 1. The Hall–Kier alpha value is -3.12. The minimum absolute atomic E-state index is 0.218. The van der Waals surface area contributed by atoms with Crippen LogP contribution in [0.3, 0.4) is 0 Å². The maximum Gasteiger partial charge on any atom is 0.211 e. The fourth-order valence-electron chi connectivity index (χ4n) is 3.62. The van der Waals surface area contributed by atoms with Crippen molar-refractivity contribution in [3.05, 3.63) is 48.5 Å². The molecule has 11 nitrogen and oxygen atoms in total. The molecule has 2 aromatic heterocycles. The number of imidazole rings is 1. The Morgan fingerprint density at radius 2 is 2.00 bits per heavy atom. The van der Waals surface area contributed by atoms with Crippen LogP contribution >= 0.6 is 0 Å². The molecule has 11 heteroatoms. The predicted molar refractivity (Wildman–Crippen MR) is 109 cm³/mol. The standard InChI is InChI=1S/C20H24N6O5/c1-2-25(11-27)19(30)16-14(28)15(29)20(31-16)26-10-24-13-17(22-9-23-18(13)26)21-8-12-6-4-3-5-7-12/h3-7,9-11,14-16,19-20,28-30H,2,8H2,1H3,(H,21,22,23)/t14-,15+,16-,19?,20+/m0/s1. The van der Waals surface area contributed by atoms with Crippen LogP contribution in [0.5, 0.6) is 0 Å². The summed E-state index contributed by atoms with van der Waals surface area (Å²) in [5.41, 5.74) is 1.93. The van der Waals surface area contributed by atoms with Crippen LogP contribution in [0.4, 0.5) is 5.82 Å². The molecule has 1 amide bonds. The number of hydrogen-bond donors (Lipinski definition) is 4. The molecule has 1 aliphatic heterocycles. The molecule has 0 spiro atoms. The zero-order chi connectivity index (χ0) is 22.0. The van der Waals surface area contributed by atoms with Gasteiger partial charge in [-0.05, 0) is 12.5 Å². The molecule has 5 atom stereocenters. The number of amides is 1. The molecule has 0 aliphatic carbocycles. The van der Waals surface area contributed by atoms with Crippen LogP contribution in [-0.2, 0) is 16.1 Å². The lowest BCUT2D eigenvalue weighted by Crippen LogP contribution is -2.48. The number of aromatic nitrogens is 4. The maximum absolute atomic E-state index is 11.1. The summed E-state index contributed by atoms with van der Waals surface area (Å²) >= 11 is 0. The summed E-state index contributed by atoms with van der Waals surface area (Å²) in [6.45, 7) is 2.43. The lowest BCUT2D eigenvalue weighted by Gasteiger charge is -2.28. The van der Waals surface area contributed by atoms with Gasteiger partial charge in [-0.1, -0.05) is 30.3 Å². The van der Waals surface area contributed by atoms with Crippen LogP contribution in [0.15, 0.2) is 43.0 Å². The SMILES string of the molecule is CCN(C=O)C(O)[C@H]1O[C@@H](n2cnc3c(NCc4ccccc4)ncnc32)[C@H](O)[C@@H]1O. The average Bonchev–Trinajstić information content (AvgIpc) is 3.35. The van der Waals surface area contributed by atoms with Crippen molar-refractivity contribution in [2.24, 2.45) is 0 Å². The van der Waals surface area contributed by atoms with E-state index in [-0.39, 0.29) is 6.54 Å². The molecule has 0 radical (unpaired) electrons. The van der Waals surface area contributed by atoms with E-state index in [1.807, 2.05) is 30.3 Å². The van der Waals surface area contributed by atoms with Crippen LogP contribution in [0.25, 0.3) is 11.2 Å². The minimum Gasteiger partial charge on any atom is -0.387 e. The first-order valence-corrected chi connectivity index (χ1v) is 9.91. The minimum atomic E-state index is -1.41. The second kappa shape index (κ2) is 8.94. The third kappa shape index (κ3) is 3.95. The number of rotatable bonds is 8. The van der Waals surface area contributed by atoms with E-state index in [0.29, 0.717) is 29.9 Å². The number of carbonyl (C=O) groups excluding carboxylic acids is 1. The van der Waals surface area contributed by atoms with Crippen LogP contribution < -0.4 is 5.32 Å². The number of aliphatic hydroxyl groups excluding tert-OH is 3. The summed E-state index contributed by atoms with van der Waals surface area (Å²) in [6, 6.07) is 9.80. The zero-order valence-electron chi connectivity index (χ0n) is 16.8. The van der Waals surface area contributed by atoms with Gasteiger partial charge in [0.2, 0.25) is 6.41 Å². The number of anilines is 1. The molecule has 3 aromatic rings. The largest absolute Gasteiger partial charge is 0.387 e. The monoisotopic (exact) mass is 428 g/mol. The summed E-state index contributed by atoms with van der Waals surface area (Å²) in [5.74, 6) is 0.510. The third-order valence-electron chi connectivity index (χ3n) is 5.35. The van der Waals surface area contributed by atoms with Gasteiger partial charge in [-0.25, -0.2) is 15.0 Å². The van der Waals surface area contributed by atoms with Crippen molar-refractivity contribution >= 4 is 23.4 Å². The van der Waals surface area contributed by atoms with E-state index in [2.05, 4.69) is 20.3 Å². The molecule has 4 rings (SSSR count). The van der Waals surface area contributed by atoms with Crippen LogP contribution in [0.2, 0.25) is 0 Å². The van der Waals surface area contributed by atoms with Gasteiger partial charge in [-0.15, -0.1) is 0 Å². The Morgan fingerprint density at radius 1 is 1.23 bits per heavy atom. The number of carbonyl (C=O) groups is 1. The van der Waals surface area contributed by atoms with Gasteiger partial charge in [0.1, 0.15) is 24.6 Å². The summed E-state index contributed by atoms with van der Waals surface area (Å²) in [6.07, 6.45) is -3.18. The fraction of sp³-hybridized carbons (Fsp3) is 0.400.